The van der Waals surface area contributed by atoms with Gasteiger partial charge in [0.15, 0.2) is 0 Å². The first-order valence-electron chi connectivity index (χ1n) is 6.45. The Morgan fingerprint density at radius 2 is 2.42 bits per heavy atom. The summed E-state index contributed by atoms with van der Waals surface area (Å²) >= 11 is 1.64. The summed E-state index contributed by atoms with van der Waals surface area (Å²) in [4.78, 5) is 18.2. The summed E-state index contributed by atoms with van der Waals surface area (Å²) in [5.41, 5.74) is 0.955. The smallest absolute Gasteiger partial charge is 0.323 e. The van der Waals surface area contributed by atoms with Gasteiger partial charge in [-0.05, 0) is 0 Å². The predicted octanol–water partition coefficient (Wildman–Crippen LogP) is 1.37. The van der Waals surface area contributed by atoms with Gasteiger partial charge in [-0.25, -0.2) is 4.98 Å². The molecule has 2 rings (SSSR count). The van der Waals surface area contributed by atoms with Crippen molar-refractivity contribution in [2.45, 2.75) is 44.9 Å². The normalized spacial score (nSPS) is 24.1. The minimum absolute atomic E-state index is 0.282. The van der Waals surface area contributed by atoms with E-state index < -0.39 is 6.10 Å². The molecule has 1 fully saturated rings. The topological polar surface area (TPSA) is 62.7 Å². The van der Waals surface area contributed by atoms with E-state index in [9.17, 15) is 9.90 Å². The van der Waals surface area contributed by atoms with Crippen molar-refractivity contribution >= 4 is 17.3 Å². The molecule has 1 aliphatic rings. The lowest BCUT2D eigenvalue weighted by Gasteiger charge is -2.20. The fourth-order valence-corrected chi connectivity index (χ4v) is 3.13. The quantitative estimate of drug-likeness (QED) is 0.846. The van der Waals surface area contributed by atoms with Crippen molar-refractivity contribution in [1.29, 1.82) is 0 Å². The molecule has 0 aromatic carbocycles. The highest BCUT2D eigenvalue weighted by molar-refractivity contribution is 7.09. The molecule has 19 heavy (non-hydrogen) atoms. The molecule has 0 saturated carbocycles. The van der Waals surface area contributed by atoms with Crippen LogP contribution in [0.4, 0.5) is 0 Å². The summed E-state index contributed by atoms with van der Waals surface area (Å²) in [5.74, 6) is 0.134. The highest BCUT2D eigenvalue weighted by atomic mass is 32.1. The molecule has 0 bridgehead atoms. The largest absolute Gasteiger partial charge is 0.468 e. The van der Waals surface area contributed by atoms with E-state index in [-0.39, 0.29) is 12.0 Å². The molecular formula is C13H20N2O3S. The van der Waals surface area contributed by atoms with Gasteiger partial charge in [0.1, 0.15) is 6.04 Å². The highest BCUT2D eigenvalue weighted by Gasteiger charge is 2.36. The molecule has 2 heterocycles. The van der Waals surface area contributed by atoms with E-state index in [4.69, 9.17) is 4.74 Å². The third kappa shape index (κ3) is 3.32. The minimum Gasteiger partial charge on any atom is -0.468 e. The van der Waals surface area contributed by atoms with Gasteiger partial charge >= 0.3 is 5.97 Å². The molecule has 1 aromatic heterocycles. The van der Waals surface area contributed by atoms with Gasteiger partial charge in [-0.2, -0.15) is 0 Å². The standard InChI is InChI=1S/C13H20N2O3S/c1-8(2)12-14-9(7-19-12)5-15-6-10(16)4-11(15)13(17)18-3/h7-8,10-11,16H,4-6H2,1-3H3. The zero-order chi connectivity index (χ0) is 14.0. The van der Waals surface area contributed by atoms with Crippen molar-refractivity contribution < 1.29 is 14.6 Å². The summed E-state index contributed by atoms with van der Waals surface area (Å²) in [6.45, 7) is 5.30. The van der Waals surface area contributed by atoms with Crippen molar-refractivity contribution in [2.24, 2.45) is 0 Å². The first-order chi connectivity index (χ1) is 9.01. The number of esters is 1. The third-order valence-electron chi connectivity index (χ3n) is 3.28. The number of carbonyl (C=O) groups excluding carboxylic acids is 1. The summed E-state index contributed by atoms with van der Waals surface area (Å²) in [7, 11) is 1.38. The van der Waals surface area contributed by atoms with Crippen LogP contribution < -0.4 is 0 Å². The van der Waals surface area contributed by atoms with Crippen molar-refractivity contribution in [1.82, 2.24) is 9.88 Å². The van der Waals surface area contributed by atoms with Gasteiger partial charge in [0.2, 0.25) is 0 Å². The van der Waals surface area contributed by atoms with Gasteiger partial charge in [-0.1, -0.05) is 13.8 Å². The SMILES string of the molecule is COC(=O)C1CC(O)CN1Cc1csc(C(C)C)n1. The second kappa shape index (κ2) is 5.98. The molecule has 5 nitrogen and oxygen atoms in total. The lowest BCUT2D eigenvalue weighted by molar-refractivity contribution is -0.146. The molecule has 1 aromatic rings. The van der Waals surface area contributed by atoms with E-state index in [0.29, 0.717) is 25.4 Å². The Morgan fingerprint density at radius 3 is 3.00 bits per heavy atom. The number of carbonyl (C=O) groups is 1. The fourth-order valence-electron chi connectivity index (χ4n) is 2.30. The number of hydrogen-bond donors (Lipinski definition) is 1. The second-order valence-electron chi connectivity index (χ2n) is 5.19. The van der Waals surface area contributed by atoms with Crippen LogP contribution in [0, 0.1) is 0 Å². The molecule has 2 unspecified atom stereocenters. The summed E-state index contributed by atoms with van der Waals surface area (Å²) in [6.07, 6.45) is -0.0271. The van der Waals surface area contributed by atoms with E-state index >= 15 is 0 Å². The first kappa shape index (κ1) is 14.4. The van der Waals surface area contributed by atoms with Crippen molar-refractivity contribution in [2.75, 3.05) is 13.7 Å². The predicted molar refractivity (Wildman–Crippen MR) is 73.0 cm³/mol. The number of likely N-dealkylation sites (tertiary alicyclic amines) is 1. The van der Waals surface area contributed by atoms with Crippen LogP contribution in [0.5, 0.6) is 0 Å². The van der Waals surface area contributed by atoms with Crippen molar-refractivity contribution in [3.05, 3.63) is 16.1 Å². The van der Waals surface area contributed by atoms with E-state index in [1.807, 2.05) is 10.3 Å². The summed E-state index contributed by atoms with van der Waals surface area (Å²) in [5, 5.41) is 12.8. The van der Waals surface area contributed by atoms with Crippen LogP contribution in [-0.4, -0.2) is 46.8 Å². The number of aliphatic hydroxyl groups excluding tert-OH is 1. The molecule has 0 radical (unpaired) electrons. The number of thiazole rings is 1. The maximum Gasteiger partial charge on any atom is 0.323 e. The molecule has 2 atom stereocenters. The van der Waals surface area contributed by atoms with Crippen molar-refractivity contribution in [3.8, 4) is 0 Å². The molecule has 6 heteroatoms. The number of ether oxygens (including phenoxy) is 1. The maximum atomic E-state index is 11.7. The van der Waals surface area contributed by atoms with E-state index in [2.05, 4.69) is 18.8 Å². The molecule has 1 aliphatic heterocycles. The van der Waals surface area contributed by atoms with Crippen LogP contribution in [0.3, 0.4) is 0 Å². The second-order valence-corrected chi connectivity index (χ2v) is 6.08. The Morgan fingerprint density at radius 1 is 1.68 bits per heavy atom. The summed E-state index contributed by atoms with van der Waals surface area (Å²) in [6, 6.07) is -0.357. The Bertz CT molecular complexity index is 447. The summed E-state index contributed by atoms with van der Waals surface area (Å²) < 4.78 is 4.78. The number of nitrogens with zero attached hydrogens (tertiary/aromatic N) is 2. The number of methoxy groups -OCH3 is 1. The van der Waals surface area contributed by atoms with Crippen molar-refractivity contribution in [3.63, 3.8) is 0 Å². The van der Waals surface area contributed by atoms with Crippen LogP contribution in [0.2, 0.25) is 0 Å². The molecule has 0 amide bonds. The van der Waals surface area contributed by atoms with Crippen LogP contribution >= 0.6 is 11.3 Å². The number of hydrogen-bond acceptors (Lipinski definition) is 6. The monoisotopic (exact) mass is 284 g/mol. The van der Waals surface area contributed by atoms with E-state index in [1.165, 1.54) is 7.11 Å². The molecule has 0 aliphatic carbocycles. The number of β-amino-alcohol motifs (C(OH)–C–C–N with tert-alkyl or cyclic N) is 1. The lowest BCUT2D eigenvalue weighted by Crippen LogP contribution is -2.36. The Kier molecular flexibility index (Phi) is 4.54. The van der Waals surface area contributed by atoms with Gasteiger partial charge in [-0.15, -0.1) is 11.3 Å². The van der Waals surface area contributed by atoms with Crippen LogP contribution in [0.1, 0.15) is 36.9 Å². The zero-order valence-corrected chi connectivity index (χ0v) is 12.3. The van der Waals surface area contributed by atoms with Gasteiger partial charge in [0.25, 0.3) is 0 Å². The molecule has 1 N–H and O–H groups in total. The molecule has 106 valence electrons. The van der Waals surface area contributed by atoms with Gasteiger partial charge in [0, 0.05) is 30.8 Å². The zero-order valence-electron chi connectivity index (χ0n) is 11.5. The average molecular weight is 284 g/mol. The average Bonchev–Trinajstić information content (AvgIpc) is 2.96. The fraction of sp³-hybridized carbons (Fsp3) is 0.692. The van der Waals surface area contributed by atoms with Crippen LogP contribution in [0.25, 0.3) is 0 Å². The number of rotatable bonds is 4. The highest BCUT2D eigenvalue weighted by Crippen LogP contribution is 2.24. The Labute approximate surface area is 117 Å². The third-order valence-corrected chi connectivity index (χ3v) is 4.48. The number of aliphatic hydroxyl groups is 1. The van der Waals surface area contributed by atoms with Gasteiger partial charge in [-0.3, -0.25) is 9.69 Å². The maximum absolute atomic E-state index is 11.7. The van der Waals surface area contributed by atoms with E-state index in [0.717, 1.165) is 10.7 Å². The van der Waals surface area contributed by atoms with Gasteiger partial charge < -0.3 is 9.84 Å². The van der Waals surface area contributed by atoms with Gasteiger partial charge in [0.05, 0.1) is 23.9 Å². The Hall–Kier alpha value is -0.980. The van der Waals surface area contributed by atoms with Crippen LogP contribution in [-0.2, 0) is 16.1 Å². The Balaban J connectivity index is 2.05. The van der Waals surface area contributed by atoms with E-state index in [1.54, 1.807) is 11.3 Å². The lowest BCUT2D eigenvalue weighted by atomic mass is 10.2. The van der Waals surface area contributed by atoms with Crippen LogP contribution in [0.15, 0.2) is 5.38 Å². The molecular weight excluding hydrogens is 264 g/mol. The number of aromatic nitrogens is 1. The molecule has 1 saturated heterocycles. The first-order valence-corrected chi connectivity index (χ1v) is 7.33. The minimum atomic E-state index is -0.465. The molecule has 0 spiro atoms.